The second-order valence-electron chi connectivity index (χ2n) is 6.44. The molecule has 0 atom stereocenters. The maximum Gasteiger partial charge on any atom is 0.234 e. The van der Waals surface area contributed by atoms with Gasteiger partial charge in [-0.25, -0.2) is 0 Å². The van der Waals surface area contributed by atoms with Gasteiger partial charge in [0.15, 0.2) is 0 Å². The van der Waals surface area contributed by atoms with Crippen molar-refractivity contribution in [3.8, 4) is 0 Å². The molecule has 0 bridgehead atoms. The number of hydrogen-bond acceptors (Lipinski definition) is 3. The summed E-state index contributed by atoms with van der Waals surface area (Å²) in [5.41, 5.74) is 3.64. The maximum atomic E-state index is 12.1. The van der Waals surface area contributed by atoms with Crippen molar-refractivity contribution in [1.29, 1.82) is 0 Å². The Morgan fingerprint density at radius 1 is 0.786 bits per heavy atom. The third kappa shape index (κ3) is 6.28. The number of aryl methyl sites for hydroxylation is 1. The summed E-state index contributed by atoms with van der Waals surface area (Å²) < 4.78 is 0. The minimum absolute atomic E-state index is 0.0455. The van der Waals surface area contributed by atoms with Gasteiger partial charge >= 0.3 is 0 Å². The van der Waals surface area contributed by atoms with E-state index >= 15 is 0 Å². The fourth-order valence-electron chi connectivity index (χ4n) is 2.69. The number of nitrogens with one attached hydrogen (secondary N) is 2. The van der Waals surface area contributed by atoms with Crippen LogP contribution in [0.5, 0.6) is 0 Å². The number of hydrogen-bond donors (Lipinski definition) is 2. The molecule has 3 aromatic carbocycles. The molecule has 0 aliphatic rings. The summed E-state index contributed by atoms with van der Waals surface area (Å²) >= 11 is 1.46. The van der Waals surface area contributed by atoms with Crippen molar-refractivity contribution < 1.29 is 9.59 Å². The van der Waals surface area contributed by atoms with Crippen molar-refractivity contribution in [3.63, 3.8) is 0 Å². The molecule has 4 nitrogen and oxygen atoms in total. The van der Waals surface area contributed by atoms with Gasteiger partial charge in [0, 0.05) is 16.3 Å². The molecule has 0 radical (unpaired) electrons. The normalized spacial score (nSPS) is 10.3. The van der Waals surface area contributed by atoms with Gasteiger partial charge in [-0.05, 0) is 54.4 Å². The Labute approximate surface area is 169 Å². The molecule has 0 aromatic heterocycles. The summed E-state index contributed by atoms with van der Waals surface area (Å²) in [6, 6.07) is 24.9. The fourth-order valence-corrected chi connectivity index (χ4v) is 3.39. The second-order valence-corrected chi connectivity index (χ2v) is 7.49. The van der Waals surface area contributed by atoms with Crippen LogP contribution in [-0.4, -0.2) is 17.6 Å². The Balaban J connectivity index is 1.46. The van der Waals surface area contributed by atoms with Gasteiger partial charge in [0.25, 0.3) is 0 Å². The van der Waals surface area contributed by atoms with Gasteiger partial charge in [-0.3, -0.25) is 9.59 Å². The average Bonchev–Trinajstić information content (AvgIpc) is 2.68. The first-order valence-electron chi connectivity index (χ1n) is 9.02. The zero-order chi connectivity index (χ0) is 19.8. The molecule has 0 aliphatic carbocycles. The Hall–Kier alpha value is -3.05. The third-order valence-electron chi connectivity index (χ3n) is 4.02. The summed E-state index contributed by atoms with van der Waals surface area (Å²) in [7, 11) is 0. The van der Waals surface area contributed by atoms with Crippen LogP contribution in [0.25, 0.3) is 0 Å². The van der Waals surface area contributed by atoms with Crippen LogP contribution in [-0.2, 0) is 16.0 Å². The summed E-state index contributed by atoms with van der Waals surface area (Å²) in [5, 5.41) is 5.79. The van der Waals surface area contributed by atoms with E-state index in [1.165, 1.54) is 11.8 Å². The molecule has 0 spiro atoms. The first kappa shape index (κ1) is 19.7. The van der Waals surface area contributed by atoms with Crippen molar-refractivity contribution in [2.75, 3.05) is 16.4 Å². The highest BCUT2D eigenvalue weighted by molar-refractivity contribution is 8.00. The molecule has 2 N–H and O–H groups in total. The number of rotatable bonds is 7. The first-order valence-corrected chi connectivity index (χ1v) is 10.0. The zero-order valence-corrected chi connectivity index (χ0v) is 16.5. The summed E-state index contributed by atoms with van der Waals surface area (Å²) in [5.74, 6) is 0.230. The monoisotopic (exact) mass is 390 g/mol. The quantitative estimate of drug-likeness (QED) is 0.564. The molecule has 0 saturated heterocycles. The Bertz CT molecular complexity index is 940. The SMILES string of the molecule is Cc1cccc(NC(=O)CSc2ccc(NC(=O)Cc3ccccc3)cc2)c1. The van der Waals surface area contributed by atoms with Crippen LogP contribution in [0, 0.1) is 6.92 Å². The number of carbonyl (C=O) groups excluding carboxylic acids is 2. The van der Waals surface area contributed by atoms with E-state index in [9.17, 15) is 9.59 Å². The van der Waals surface area contributed by atoms with E-state index in [0.29, 0.717) is 12.2 Å². The molecule has 0 unspecified atom stereocenters. The van der Waals surface area contributed by atoms with E-state index < -0.39 is 0 Å². The molecule has 0 saturated carbocycles. The van der Waals surface area contributed by atoms with Crippen molar-refractivity contribution in [2.24, 2.45) is 0 Å². The Morgan fingerprint density at radius 3 is 2.21 bits per heavy atom. The van der Waals surface area contributed by atoms with Crippen LogP contribution in [0.4, 0.5) is 11.4 Å². The van der Waals surface area contributed by atoms with Crippen molar-refractivity contribution >= 4 is 35.0 Å². The Kier molecular flexibility index (Phi) is 6.87. The van der Waals surface area contributed by atoms with Gasteiger partial charge in [-0.15, -0.1) is 11.8 Å². The highest BCUT2D eigenvalue weighted by Crippen LogP contribution is 2.21. The smallest absolute Gasteiger partial charge is 0.234 e. The van der Waals surface area contributed by atoms with Crippen LogP contribution in [0.15, 0.2) is 83.8 Å². The molecule has 5 heteroatoms. The van der Waals surface area contributed by atoms with E-state index in [1.54, 1.807) is 0 Å². The predicted octanol–water partition coefficient (Wildman–Crippen LogP) is 4.91. The van der Waals surface area contributed by atoms with Gasteiger partial charge < -0.3 is 10.6 Å². The lowest BCUT2D eigenvalue weighted by atomic mass is 10.1. The molecule has 28 heavy (non-hydrogen) atoms. The largest absolute Gasteiger partial charge is 0.326 e. The first-order chi connectivity index (χ1) is 13.6. The number of amides is 2. The van der Waals surface area contributed by atoms with Crippen molar-refractivity contribution in [1.82, 2.24) is 0 Å². The van der Waals surface area contributed by atoms with Gasteiger partial charge in [0.1, 0.15) is 0 Å². The van der Waals surface area contributed by atoms with Crippen LogP contribution in [0.2, 0.25) is 0 Å². The lowest BCUT2D eigenvalue weighted by Gasteiger charge is -2.08. The highest BCUT2D eigenvalue weighted by atomic mass is 32.2. The molecule has 0 fully saturated rings. The lowest BCUT2D eigenvalue weighted by molar-refractivity contribution is -0.115. The molecule has 2 amide bonds. The number of benzene rings is 3. The molecule has 142 valence electrons. The third-order valence-corrected chi connectivity index (χ3v) is 5.03. The van der Waals surface area contributed by atoms with E-state index in [1.807, 2.05) is 85.8 Å². The van der Waals surface area contributed by atoms with E-state index in [4.69, 9.17) is 0 Å². The van der Waals surface area contributed by atoms with Crippen LogP contribution < -0.4 is 10.6 Å². The lowest BCUT2D eigenvalue weighted by Crippen LogP contribution is -2.14. The molecular formula is C23H22N2O2S. The van der Waals surface area contributed by atoms with E-state index in [0.717, 1.165) is 27.4 Å². The average molecular weight is 391 g/mol. The summed E-state index contributed by atoms with van der Waals surface area (Å²) in [6.45, 7) is 1.99. The number of anilines is 2. The maximum absolute atomic E-state index is 12.1. The molecule has 0 aliphatic heterocycles. The summed E-state index contributed by atoms with van der Waals surface area (Å²) in [4.78, 5) is 25.2. The van der Waals surface area contributed by atoms with Gasteiger partial charge in [0.2, 0.25) is 11.8 Å². The molecule has 0 heterocycles. The zero-order valence-electron chi connectivity index (χ0n) is 15.6. The van der Waals surface area contributed by atoms with Crippen molar-refractivity contribution in [2.45, 2.75) is 18.2 Å². The van der Waals surface area contributed by atoms with E-state index in [-0.39, 0.29) is 11.8 Å². The number of thioether (sulfide) groups is 1. The molecular weight excluding hydrogens is 368 g/mol. The topological polar surface area (TPSA) is 58.2 Å². The van der Waals surface area contributed by atoms with Crippen molar-refractivity contribution in [3.05, 3.63) is 90.0 Å². The minimum atomic E-state index is -0.0517. The van der Waals surface area contributed by atoms with E-state index in [2.05, 4.69) is 10.6 Å². The Morgan fingerprint density at radius 2 is 1.50 bits per heavy atom. The predicted molar refractivity (Wildman–Crippen MR) is 116 cm³/mol. The molecule has 3 aromatic rings. The van der Waals surface area contributed by atoms with Gasteiger partial charge in [-0.1, -0.05) is 42.5 Å². The minimum Gasteiger partial charge on any atom is -0.326 e. The van der Waals surface area contributed by atoms with Crippen LogP contribution in [0.3, 0.4) is 0 Å². The standard InChI is InChI=1S/C23H22N2O2S/c1-17-6-5-9-20(14-17)25-23(27)16-28-21-12-10-19(11-13-21)24-22(26)15-18-7-3-2-4-8-18/h2-14H,15-16H2,1H3,(H,24,26)(H,25,27). The van der Waals surface area contributed by atoms with Gasteiger partial charge in [-0.2, -0.15) is 0 Å². The fraction of sp³-hybridized carbons (Fsp3) is 0.130. The van der Waals surface area contributed by atoms with Crippen LogP contribution >= 0.6 is 11.8 Å². The van der Waals surface area contributed by atoms with Crippen LogP contribution in [0.1, 0.15) is 11.1 Å². The second kappa shape index (κ2) is 9.76. The van der Waals surface area contributed by atoms with Gasteiger partial charge in [0.05, 0.1) is 12.2 Å². The summed E-state index contributed by atoms with van der Waals surface area (Å²) in [6.07, 6.45) is 0.344. The highest BCUT2D eigenvalue weighted by Gasteiger charge is 2.06. The molecule has 3 rings (SSSR count). The number of carbonyl (C=O) groups is 2.